The van der Waals surface area contributed by atoms with Crippen molar-refractivity contribution in [2.24, 2.45) is 0 Å². The summed E-state index contributed by atoms with van der Waals surface area (Å²) in [6.07, 6.45) is -3.93. The number of aromatic nitrogens is 2. The van der Waals surface area contributed by atoms with Crippen LogP contribution in [0.3, 0.4) is 0 Å². The molecule has 0 aliphatic carbocycles. The highest BCUT2D eigenvalue weighted by Gasteiger charge is 2.41. The zero-order valence-electron chi connectivity index (χ0n) is 10.8. The molecule has 0 aliphatic rings. The molecule has 4 nitrogen and oxygen atoms in total. The minimum Gasteiger partial charge on any atom is -0.462 e. The minimum absolute atomic E-state index is 0.0293. The Morgan fingerprint density at radius 3 is 2.71 bits per heavy atom. The number of hydrogen-bond donors (Lipinski definition) is 0. The predicted octanol–water partition coefficient (Wildman–Crippen LogP) is 3.72. The topological polar surface area (TPSA) is 44.1 Å². The number of carbonyl (C=O) groups excluding carboxylic acids is 1. The van der Waals surface area contributed by atoms with Crippen molar-refractivity contribution in [1.29, 1.82) is 0 Å². The van der Waals surface area contributed by atoms with Gasteiger partial charge in [0.25, 0.3) is 0 Å². The Hall–Kier alpha value is -2.02. The van der Waals surface area contributed by atoms with Crippen LogP contribution in [0.2, 0.25) is 5.02 Å². The quantitative estimate of drug-likeness (QED) is 0.810. The molecule has 21 heavy (non-hydrogen) atoms. The van der Waals surface area contributed by atoms with Gasteiger partial charge in [-0.2, -0.15) is 18.3 Å². The lowest BCUT2D eigenvalue weighted by Gasteiger charge is -2.12. The predicted molar refractivity (Wildman–Crippen MR) is 69.5 cm³/mol. The van der Waals surface area contributed by atoms with Crippen LogP contribution in [-0.2, 0) is 10.9 Å². The van der Waals surface area contributed by atoms with Crippen molar-refractivity contribution < 1.29 is 22.7 Å². The minimum atomic E-state index is -4.76. The normalized spacial score (nSPS) is 11.5. The monoisotopic (exact) mass is 318 g/mol. The molecule has 1 aromatic carbocycles. The molecule has 0 atom stereocenters. The van der Waals surface area contributed by atoms with Gasteiger partial charge in [0.2, 0.25) is 0 Å². The number of benzene rings is 1. The molecule has 1 aromatic heterocycles. The van der Waals surface area contributed by atoms with E-state index in [1.54, 1.807) is 0 Å². The highest BCUT2D eigenvalue weighted by atomic mass is 35.5. The van der Waals surface area contributed by atoms with Gasteiger partial charge < -0.3 is 4.74 Å². The van der Waals surface area contributed by atoms with Crippen LogP contribution >= 0.6 is 11.6 Å². The Labute approximate surface area is 123 Å². The second-order valence-electron chi connectivity index (χ2n) is 4.02. The average Bonchev–Trinajstić information content (AvgIpc) is 2.83. The number of esters is 1. The van der Waals surface area contributed by atoms with Gasteiger partial charge in [-0.25, -0.2) is 9.48 Å². The fraction of sp³-hybridized carbons (Fsp3) is 0.231. The molecule has 0 spiro atoms. The van der Waals surface area contributed by atoms with E-state index < -0.39 is 23.4 Å². The molecular formula is C13H10ClF3N2O2. The number of nitrogens with zero attached hydrogens (tertiary/aromatic N) is 2. The average molecular weight is 319 g/mol. The number of hydrogen-bond acceptors (Lipinski definition) is 3. The van der Waals surface area contributed by atoms with Crippen LogP contribution < -0.4 is 0 Å². The van der Waals surface area contributed by atoms with Gasteiger partial charge in [0.1, 0.15) is 5.56 Å². The van der Waals surface area contributed by atoms with E-state index in [2.05, 4.69) is 9.84 Å². The van der Waals surface area contributed by atoms with Crippen LogP contribution in [0.15, 0.2) is 30.5 Å². The van der Waals surface area contributed by atoms with Gasteiger partial charge in [-0.1, -0.05) is 17.7 Å². The lowest BCUT2D eigenvalue weighted by molar-refractivity contribution is -0.143. The first-order valence-electron chi connectivity index (χ1n) is 5.93. The zero-order chi connectivity index (χ0) is 15.6. The Kier molecular flexibility index (Phi) is 4.22. The first-order valence-corrected chi connectivity index (χ1v) is 6.30. The fourth-order valence-corrected chi connectivity index (χ4v) is 1.97. The molecule has 2 rings (SSSR count). The third-order valence-corrected chi connectivity index (χ3v) is 2.82. The van der Waals surface area contributed by atoms with E-state index in [1.165, 1.54) is 31.2 Å². The van der Waals surface area contributed by atoms with Gasteiger partial charge in [-0.15, -0.1) is 0 Å². The van der Waals surface area contributed by atoms with Gasteiger partial charge in [0.15, 0.2) is 5.69 Å². The summed E-state index contributed by atoms with van der Waals surface area (Å²) in [4.78, 5) is 11.6. The molecule has 8 heteroatoms. The maximum absolute atomic E-state index is 13.2. The van der Waals surface area contributed by atoms with E-state index in [0.29, 0.717) is 4.68 Å². The lowest BCUT2D eigenvalue weighted by Crippen LogP contribution is -2.18. The molecule has 0 aliphatic heterocycles. The van der Waals surface area contributed by atoms with Gasteiger partial charge in [0, 0.05) is 5.02 Å². The SMILES string of the molecule is CCOC(=O)c1cnn(-c2cccc(Cl)c2)c1C(F)(F)F. The molecule has 1 heterocycles. The zero-order valence-corrected chi connectivity index (χ0v) is 11.6. The molecule has 0 saturated heterocycles. The Morgan fingerprint density at radius 1 is 1.43 bits per heavy atom. The van der Waals surface area contributed by atoms with E-state index in [-0.39, 0.29) is 17.3 Å². The van der Waals surface area contributed by atoms with E-state index >= 15 is 0 Å². The van der Waals surface area contributed by atoms with E-state index in [0.717, 1.165) is 6.20 Å². The van der Waals surface area contributed by atoms with E-state index in [4.69, 9.17) is 11.6 Å². The van der Waals surface area contributed by atoms with Gasteiger partial charge in [0.05, 0.1) is 18.5 Å². The molecule has 0 fully saturated rings. The highest BCUT2D eigenvalue weighted by Crippen LogP contribution is 2.34. The molecule has 2 aromatic rings. The largest absolute Gasteiger partial charge is 0.462 e. The van der Waals surface area contributed by atoms with Crippen LogP contribution in [0.4, 0.5) is 13.2 Å². The first kappa shape index (κ1) is 15.4. The fourth-order valence-electron chi connectivity index (χ4n) is 1.78. The maximum Gasteiger partial charge on any atom is 0.434 e. The van der Waals surface area contributed by atoms with Crippen LogP contribution in [0, 0.1) is 0 Å². The molecule has 0 radical (unpaired) electrons. The summed E-state index contributed by atoms with van der Waals surface area (Å²) >= 11 is 5.77. The van der Waals surface area contributed by atoms with Crippen molar-refractivity contribution >= 4 is 17.6 Å². The number of ether oxygens (including phenoxy) is 1. The Bertz CT molecular complexity index is 668. The third kappa shape index (κ3) is 3.18. The third-order valence-electron chi connectivity index (χ3n) is 2.59. The van der Waals surface area contributed by atoms with Gasteiger partial charge in [-0.05, 0) is 25.1 Å². The van der Waals surface area contributed by atoms with E-state index in [9.17, 15) is 18.0 Å². The maximum atomic E-state index is 13.2. The summed E-state index contributed by atoms with van der Waals surface area (Å²) in [5.41, 5.74) is -1.72. The lowest BCUT2D eigenvalue weighted by atomic mass is 10.2. The molecule has 0 bridgehead atoms. The summed E-state index contributed by atoms with van der Waals surface area (Å²) in [5.74, 6) is -1.07. The van der Waals surface area contributed by atoms with Gasteiger partial charge in [-0.3, -0.25) is 0 Å². The van der Waals surface area contributed by atoms with Crippen LogP contribution in [0.1, 0.15) is 23.0 Å². The van der Waals surface area contributed by atoms with Crippen LogP contribution in [-0.4, -0.2) is 22.4 Å². The van der Waals surface area contributed by atoms with Crippen LogP contribution in [0.25, 0.3) is 5.69 Å². The molecule has 0 N–H and O–H groups in total. The second kappa shape index (κ2) is 5.77. The van der Waals surface area contributed by atoms with Crippen molar-refractivity contribution in [2.75, 3.05) is 6.61 Å². The van der Waals surface area contributed by atoms with Crippen LogP contribution in [0.5, 0.6) is 0 Å². The van der Waals surface area contributed by atoms with Crippen molar-refractivity contribution in [3.8, 4) is 5.69 Å². The number of alkyl halides is 3. The summed E-state index contributed by atoms with van der Waals surface area (Å²) in [6, 6.07) is 5.74. The van der Waals surface area contributed by atoms with Crippen molar-refractivity contribution in [3.05, 3.63) is 46.7 Å². The number of halogens is 4. The van der Waals surface area contributed by atoms with Crippen molar-refractivity contribution in [1.82, 2.24) is 9.78 Å². The summed E-state index contributed by atoms with van der Waals surface area (Å²) in [7, 11) is 0. The van der Waals surface area contributed by atoms with E-state index in [1.807, 2.05) is 0 Å². The Morgan fingerprint density at radius 2 is 2.14 bits per heavy atom. The highest BCUT2D eigenvalue weighted by molar-refractivity contribution is 6.30. The summed E-state index contributed by atoms with van der Waals surface area (Å²) < 4.78 is 44.9. The molecule has 0 amide bonds. The Balaban J connectivity index is 2.60. The smallest absolute Gasteiger partial charge is 0.434 e. The second-order valence-corrected chi connectivity index (χ2v) is 4.45. The van der Waals surface area contributed by atoms with Gasteiger partial charge >= 0.3 is 12.1 Å². The standard InChI is InChI=1S/C13H10ClF3N2O2/c1-2-21-12(20)10-7-18-19(11(10)13(15,16)17)9-5-3-4-8(14)6-9/h3-7H,2H2,1H3. The molecule has 0 saturated carbocycles. The van der Waals surface area contributed by atoms with Crippen molar-refractivity contribution in [3.63, 3.8) is 0 Å². The molecule has 0 unspecified atom stereocenters. The number of carbonyl (C=O) groups is 1. The first-order chi connectivity index (χ1) is 9.84. The summed E-state index contributed by atoms with van der Waals surface area (Å²) in [6.45, 7) is 1.48. The molecule has 112 valence electrons. The molecular weight excluding hydrogens is 309 g/mol. The van der Waals surface area contributed by atoms with Crippen molar-refractivity contribution in [2.45, 2.75) is 13.1 Å². The number of rotatable bonds is 3. The summed E-state index contributed by atoms with van der Waals surface area (Å²) in [5, 5.41) is 3.89.